The molecule has 0 aromatic heterocycles. The standard InChI is InChI=1S/C10H11IO4/c1-13-8-4-3-7(11)5-9(8)15-6-10(12)14-2/h3-5H,6H2,1-2H3. The number of methoxy groups -OCH3 is 2. The summed E-state index contributed by atoms with van der Waals surface area (Å²) >= 11 is 2.15. The van der Waals surface area contributed by atoms with Crippen LogP contribution in [0.2, 0.25) is 0 Å². The maximum Gasteiger partial charge on any atom is 0.343 e. The Kier molecular flexibility index (Phi) is 4.67. The fourth-order valence-corrected chi connectivity index (χ4v) is 1.42. The van der Waals surface area contributed by atoms with E-state index >= 15 is 0 Å². The molecule has 82 valence electrons. The lowest BCUT2D eigenvalue weighted by Crippen LogP contribution is -2.13. The van der Waals surface area contributed by atoms with Gasteiger partial charge in [0.2, 0.25) is 0 Å². The van der Waals surface area contributed by atoms with Crippen molar-refractivity contribution >= 4 is 28.6 Å². The van der Waals surface area contributed by atoms with Crippen LogP contribution in [0.4, 0.5) is 0 Å². The topological polar surface area (TPSA) is 44.8 Å². The molecule has 1 rings (SSSR count). The summed E-state index contributed by atoms with van der Waals surface area (Å²) < 4.78 is 15.8. The van der Waals surface area contributed by atoms with Gasteiger partial charge in [-0.1, -0.05) is 0 Å². The van der Waals surface area contributed by atoms with E-state index in [9.17, 15) is 4.79 Å². The van der Waals surface area contributed by atoms with Gasteiger partial charge in [0.1, 0.15) is 0 Å². The molecule has 0 amide bonds. The van der Waals surface area contributed by atoms with Crippen LogP contribution in [0, 0.1) is 3.57 Å². The molecule has 0 fully saturated rings. The van der Waals surface area contributed by atoms with Crippen LogP contribution in [0.15, 0.2) is 18.2 Å². The van der Waals surface area contributed by atoms with Gasteiger partial charge in [0.15, 0.2) is 18.1 Å². The van der Waals surface area contributed by atoms with Gasteiger partial charge in [-0.25, -0.2) is 4.79 Å². The number of carbonyl (C=O) groups is 1. The van der Waals surface area contributed by atoms with Crippen molar-refractivity contribution in [2.45, 2.75) is 0 Å². The fraction of sp³-hybridized carbons (Fsp3) is 0.300. The zero-order valence-corrected chi connectivity index (χ0v) is 10.6. The highest BCUT2D eigenvalue weighted by atomic mass is 127. The zero-order chi connectivity index (χ0) is 11.3. The fourth-order valence-electron chi connectivity index (χ4n) is 0.959. The van der Waals surface area contributed by atoms with Gasteiger partial charge in [-0.3, -0.25) is 0 Å². The maximum absolute atomic E-state index is 10.9. The summed E-state index contributed by atoms with van der Waals surface area (Å²) in [5.41, 5.74) is 0. The smallest absolute Gasteiger partial charge is 0.343 e. The van der Waals surface area contributed by atoms with Crippen LogP contribution in [0.25, 0.3) is 0 Å². The van der Waals surface area contributed by atoms with Crippen LogP contribution in [0.1, 0.15) is 0 Å². The molecular weight excluding hydrogens is 311 g/mol. The van der Waals surface area contributed by atoms with Crippen molar-refractivity contribution in [1.82, 2.24) is 0 Å². The number of hydrogen-bond donors (Lipinski definition) is 0. The summed E-state index contributed by atoms with van der Waals surface area (Å²) in [6.45, 7) is -0.118. The molecule has 0 saturated carbocycles. The molecule has 0 heterocycles. The second kappa shape index (κ2) is 5.79. The number of benzene rings is 1. The average molecular weight is 322 g/mol. The highest BCUT2D eigenvalue weighted by Gasteiger charge is 2.07. The monoisotopic (exact) mass is 322 g/mol. The Morgan fingerprint density at radius 1 is 1.33 bits per heavy atom. The molecule has 0 atom stereocenters. The van der Waals surface area contributed by atoms with E-state index in [0.29, 0.717) is 11.5 Å². The summed E-state index contributed by atoms with van der Waals surface area (Å²) in [5.74, 6) is 0.713. The SMILES string of the molecule is COC(=O)COc1cc(I)ccc1OC. The van der Waals surface area contributed by atoms with Crippen molar-refractivity contribution in [1.29, 1.82) is 0 Å². The van der Waals surface area contributed by atoms with Crippen LogP contribution < -0.4 is 9.47 Å². The number of carbonyl (C=O) groups excluding carboxylic acids is 1. The quantitative estimate of drug-likeness (QED) is 0.627. The van der Waals surface area contributed by atoms with E-state index in [2.05, 4.69) is 27.3 Å². The van der Waals surface area contributed by atoms with Gasteiger partial charge in [0.05, 0.1) is 14.2 Å². The first-order valence-corrected chi connectivity index (χ1v) is 5.28. The molecule has 1 aromatic rings. The van der Waals surface area contributed by atoms with Gasteiger partial charge >= 0.3 is 5.97 Å². The van der Waals surface area contributed by atoms with Crippen LogP contribution in [0.3, 0.4) is 0 Å². The van der Waals surface area contributed by atoms with Crippen LogP contribution in [-0.4, -0.2) is 26.8 Å². The lowest BCUT2D eigenvalue weighted by molar-refractivity contribution is -0.142. The molecule has 0 N–H and O–H groups in total. The van der Waals surface area contributed by atoms with E-state index in [1.54, 1.807) is 19.2 Å². The predicted molar refractivity (Wildman–Crippen MR) is 63.2 cm³/mol. The Morgan fingerprint density at radius 3 is 2.67 bits per heavy atom. The van der Waals surface area contributed by atoms with Crippen molar-refractivity contribution in [3.8, 4) is 11.5 Å². The van der Waals surface area contributed by atoms with Crippen molar-refractivity contribution in [3.63, 3.8) is 0 Å². The van der Waals surface area contributed by atoms with E-state index in [1.165, 1.54) is 7.11 Å². The second-order valence-electron chi connectivity index (χ2n) is 2.66. The van der Waals surface area contributed by atoms with Crippen LogP contribution >= 0.6 is 22.6 Å². The number of esters is 1. The van der Waals surface area contributed by atoms with E-state index in [-0.39, 0.29) is 6.61 Å². The molecule has 0 radical (unpaired) electrons. The van der Waals surface area contributed by atoms with Gasteiger partial charge in [-0.2, -0.15) is 0 Å². The number of hydrogen-bond acceptors (Lipinski definition) is 4. The van der Waals surface area contributed by atoms with Crippen molar-refractivity contribution in [3.05, 3.63) is 21.8 Å². The van der Waals surface area contributed by atoms with Gasteiger partial charge in [0.25, 0.3) is 0 Å². The van der Waals surface area contributed by atoms with E-state index in [4.69, 9.17) is 9.47 Å². The van der Waals surface area contributed by atoms with E-state index in [1.807, 2.05) is 6.07 Å². The molecule has 5 heteroatoms. The minimum atomic E-state index is -0.420. The van der Waals surface area contributed by atoms with Gasteiger partial charge in [-0.05, 0) is 40.8 Å². The largest absolute Gasteiger partial charge is 0.493 e. The van der Waals surface area contributed by atoms with Gasteiger partial charge < -0.3 is 14.2 Å². The number of halogens is 1. The van der Waals surface area contributed by atoms with Crippen molar-refractivity contribution in [2.75, 3.05) is 20.8 Å². The molecule has 0 aliphatic rings. The zero-order valence-electron chi connectivity index (χ0n) is 8.45. The second-order valence-corrected chi connectivity index (χ2v) is 3.91. The summed E-state index contributed by atoms with van der Waals surface area (Å²) in [6.07, 6.45) is 0. The Labute approximate surface area is 102 Å². The normalized spacial score (nSPS) is 9.53. The minimum absolute atomic E-state index is 0.118. The summed E-state index contributed by atoms with van der Waals surface area (Å²) in [7, 11) is 2.87. The summed E-state index contributed by atoms with van der Waals surface area (Å²) in [5, 5.41) is 0. The third-order valence-electron chi connectivity index (χ3n) is 1.70. The molecule has 0 unspecified atom stereocenters. The lowest BCUT2D eigenvalue weighted by atomic mass is 10.3. The Balaban J connectivity index is 2.74. The Hall–Kier alpha value is -0.980. The third kappa shape index (κ3) is 3.58. The number of ether oxygens (including phenoxy) is 3. The molecule has 4 nitrogen and oxygen atoms in total. The maximum atomic E-state index is 10.9. The molecule has 0 spiro atoms. The molecule has 1 aromatic carbocycles. The van der Waals surface area contributed by atoms with E-state index in [0.717, 1.165) is 3.57 Å². The summed E-state index contributed by atoms with van der Waals surface area (Å²) in [6, 6.07) is 5.47. The highest BCUT2D eigenvalue weighted by Crippen LogP contribution is 2.28. The van der Waals surface area contributed by atoms with Crippen LogP contribution in [-0.2, 0) is 9.53 Å². The average Bonchev–Trinajstić information content (AvgIpc) is 2.26. The first-order chi connectivity index (χ1) is 7.17. The van der Waals surface area contributed by atoms with Crippen molar-refractivity contribution < 1.29 is 19.0 Å². The number of rotatable bonds is 4. The lowest BCUT2D eigenvalue weighted by Gasteiger charge is -2.09. The first kappa shape index (κ1) is 12.1. The first-order valence-electron chi connectivity index (χ1n) is 4.20. The van der Waals surface area contributed by atoms with Crippen molar-refractivity contribution in [2.24, 2.45) is 0 Å². The molecule has 15 heavy (non-hydrogen) atoms. The molecule has 0 aliphatic carbocycles. The molecular formula is C10H11IO4. The molecule has 0 aliphatic heterocycles. The summed E-state index contributed by atoms with van der Waals surface area (Å²) in [4.78, 5) is 10.9. The molecule has 0 saturated heterocycles. The Bertz CT molecular complexity index is 351. The van der Waals surface area contributed by atoms with Crippen LogP contribution in [0.5, 0.6) is 11.5 Å². The predicted octanol–water partition coefficient (Wildman–Crippen LogP) is 1.85. The van der Waals surface area contributed by atoms with Gasteiger partial charge in [-0.15, -0.1) is 0 Å². The highest BCUT2D eigenvalue weighted by molar-refractivity contribution is 14.1. The Morgan fingerprint density at radius 2 is 2.07 bits per heavy atom. The molecule has 0 bridgehead atoms. The van der Waals surface area contributed by atoms with Gasteiger partial charge in [0, 0.05) is 3.57 Å². The third-order valence-corrected chi connectivity index (χ3v) is 2.37. The van der Waals surface area contributed by atoms with E-state index < -0.39 is 5.97 Å². The minimum Gasteiger partial charge on any atom is -0.493 e.